The summed E-state index contributed by atoms with van der Waals surface area (Å²) in [6.45, 7) is 4.96. The maximum absolute atomic E-state index is 12.9. The van der Waals surface area contributed by atoms with Crippen molar-refractivity contribution >= 4 is 5.91 Å². The van der Waals surface area contributed by atoms with Gasteiger partial charge in [0, 0.05) is 37.6 Å². The highest BCUT2D eigenvalue weighted by Crippen LogP contribution is 2.26. The zero-order chi connectivity index (χ0) is 18.8. The number of hydrogen-bond donors (Lipinski definition) is 0. The molecule has 140 valence electrons. The van der Waals surface area contributed by atoms with Crippen LogP contribution in [0, 0.1) is 0 Å². The van der Waals surface area contributed by atoms with E-state index in [-0.39, 0.29) is 11.9 Å². The lowest BCUT2D eigenvalue weighted by Gasteiger charge is -2.34. The lowest BCUT2D eigenvalue weighted by atomic mass is 10.1. The minimum Gasteiger partial charge on any atom is -0.359 e. The Bertz CT molecular complexity index is 915. The Morgan fingerprint density at radius 1 is 1.19 bits per heavy atom. The van der Waals surface area contributed by atoms with Crippen LogP contribution in [-0.2, 0) is 19.6 Å². The molecule has 27 heavy (non-hydrogen) atoms. The van der Waals surface area contributed by atoms with Crippen molar-refractivity contribution < 1.29 is 9.32 Å². The SMILES string of the molecule is C[C@@H]1c2cccn2CCN1C(=O)c1cc(CN(C)Cc2ccccc2)on1. The van der Waals surface area contributed by atoms with Crippen molar-refractivity contribution in [3.63, 3.8) is 0 Å². The number of carbonyl (C=O) groups excluding carboxylic acids is 1. The van der Waals surface area contributed by atoms with E-state index in [1.165, 1.54) is 5.56 Å². The predicted molar refractivity (Wildman–Crippen MR) is 102 cm³/mol. The number of amides is 1. The maximum Gasteiger partial charge on any atom is 0.276 e. The van der Waals surface area contributed by atoms with Crippen LogP contribution in [0.25, 0.3) is 0 Å². The fourth-order valence-corrected chi connectivity index (χ4v) is 3.71. The Labute approximate surface area is 159 Å². The first-order valence-corrected chi connectivity index (χ1v) is 9.26. The zero-order valence-electron chi connectivity index (χ0n) is 15.7. The van der Waals surface area contributed by atoms with Gasteiger partial charge in [0.15, 0.2) is 11.5 Å². The topological polar surface area (TPSA) is 54.5 Å². The van der Waals surface area contributed by atoms with Gasteiger partial charge in [-0.15, -0.1) is 0 Å². The van der Waals surface area contributed by atoms with Crippen molar-refractivity contribution in [1.29, 1.82) is 0 Å². The third-order valence-corrected chi connectivity index (χ3v) is 5.10. The molecule has 3 heterocycles. The van der Waals surface area contributed by atoms with Gasteiger partial charge in [-0.2, -0.15) is 0 Å². The van der Waals surface area contributed by atoms with Crippen LogP contribution in [0.5, 0.6) is 0 Å². The minimum absolute atomic E-state index is 0.0298. The highest BCUT2D eigenvalue weighted by atomic mass is 16.5. The largest absolute Gasteiger partial charge is 0.359 e. The van der Waals surface area contributed by atoms with Crippen LogP contribution in [0.3, 0.4) is 0 Å². The number of benzene rings is 1. The lowest BCUT2D eigenvalue weighted by Crippen LogP contribution is -2.40. The van der Waals surface area contributed by atoms with E-state index in [1.807, 2.05) is 36.2 Å². The van der Waals surface area contributed by atoms with Crippen molar-refractivity contribution in [2.45, 2.75) is 32.6 Å². The van der Waals surface area contributed by atoms with E-state index in [4.69, 9.17) is 4.52 Å². The number of aromatic nitrogens is 2. The normalized spacial score (nSPS) is 16.6. The molecule has 0 spiro atoms. The van der Waals surface area contributed by atoms with E-state index in [1.54, 1.807) is 6.07 Å². The van der Waals surface area contributed by atoms with Gasteiger partial charge in [-0.05, 0) is 31.7 Å². The first kappa shape index (κ1) is 17.5. The Balaban J connectivity index is 1.41. The number of nitrogens with zero attached hydrogens (tertiary/aromatic N) is 4. The minimum atomic E-state index is -0.0735. The summed E-state index contributed by atoms with van der Waals surface area (Å²) >= 11 is 0. The summed E-state index contributed by atoms with van der Waals surface area (Å²) in [5.74, 6) is 0.625. The molecule has 3 aromatic rings. The number of hydrogen-bond acceptors (Lipinski definition) is 4. The Morgan fingerprint density at radius 2 is 2.00 bits per heavy atom. The van der Waals surface area contributed by atoms with Crippen LogP contribution >= 0.6 is 0 Å². The van der Waals surface area contributed by atoms with E-state index in [0.717, 1.165) is 18.8 Å². The molecular weight excluding hydrogens is 340 g/mol. The Hall–Kier alpha value is -2.86. The molecule has 2 aromatic heterocycles. The standard InChI is InChI=1S/C21H24N4O2/c1-16-20-9-6-10-24(20)11-12-25(16)21(26)19-13-18(27-22-19)15-23(2)14-17-7-4-3-5-8-17/h3-10,13,16H,11-12,14-15H2,1-2H3/t16-/m1/s1. The molecule has 1 aromatic carbocycles. The van der Waals surface area contributed by atoms with Gasteiger partial charge < -0.3 is 14.0 Å². The third-order valence-electron chi connectivity index (χ3n) is 5.10. The fourth-order valence-electron chi connectivity index (χ4n) is 3.71. The van der Waals surface area contributed by atoms with Crippen molar-refractivity contribution in [1.82, 2.24) is 19.5 Å². The summed E-state index contributed by atoms with van der Waals surface area (Å²) in [7, 11) is 2.03. The fraction of sp³-hybridized carbons (Fsp3) is 0.333. The van der Waals surface area contributed by atoms with Gasteiger partial charge in [-0.3, -0.25) is 9.69 Å². The molecule has 0 unspecified atom stereocenters. The van der Waals surface area contributed by atoms with E-state index >= 15 is 0 Å². The van der Waals surface area contributed by atoms with Crippen molar-refractivity contribution in [3.8, 4) is 0 Å². The molecule has 0 saturated heterocycles. The molecule has 1 amide bonds. The van der Waals surface area contributed by atoms with E-state index in [9.17, 15) is 4.79 Å². The second-order valence-electron chi connectivity index (χ2n) is 7.14. The molecule has 6 nitrogen and oxygen atoms in total. The van der Waals surface area contributed by atoms with E-state index in [2.05, 4.69) is 45.9 Å². The molecule has 0 saturated carbocycles. The van der Waals surface area contributed by atoms with Crippen LogP contribution in [0.2, 0.25) is 0 Å². The molecule has 6 heteroatoms. The quantitative estimate of drug-likeness (QED) is 0.697. The smallest absolute Gasteiger partial charge is 0.276 e. The lowest BCUT2D eigenvalue weighted by molar-refractivity contribution is 0.0633. The van der Waals surface area contributed by atoms with Gasteiger partial charge in [0.2, 0.25) is 0 Å². The molecule has 1 atom stereocenters. The Morgan fingerprint density at radius 3 is 2.81 bits per heavy atom. The van der Waals surface area contributed by atoms with Gasteiger partial charge in [0.05, 0.1) is 12.6 Å². The third kappa shape index (κ3) is 3.66. The highest BCUT2D eigenvalue weighted by molar-refractivity contribution is 5.92. The van der Waals surface area contributed by atoms with E-state index in [0.29, 0.717) is 24.5 Å². The average molecular weight is 364 g/mol. The summed E-state index contributed by atoms with van der Waals surface area (Å²) in [6.07, 6.45) is 2.06. The second kappa shape index (κ2) is 7.40. The number of rotatable bonds is 5. The number of carbonyl (C=O) groups is 1. The van der Waals surface area contributed by atoms with Crippen LogP contribution < -0.4 is 0 Å². The van der Waals surface area contributed by atoms with Crippen LogP contribution in [0.4, 0.5) is 0 Å². The predicted octanol–water partition coefficient (Wildman–Crippen LogP) is 3.33. The maximum atomic E-state index is 12.9. The average Bonchev–Trinajstić information content (AvgIpc) is 3.32. The van der Waals surface area contributed by atoms with E-state index < -0.39 is 0 Å². The molecule has 4 rings (SSSR count). The molecule has 1 aliphatic rings. The molecule has 0 N–H and O–H groups in total. The van der Waals surface area contributed by atoms with Crippen LogP contribution in [-0.4, -0.2) is 39.0 Å². The summed E-state index contributed by atoms with van der Waals surface area (Å²) < 4.78 is 7.63. The zero-order valence-corrected chi connectivity index (χ0v) is 15.7. The Kier molecular flexibility index (Phi) is 4.81. The molecule has 0 radical (unpaired) electrons. The first-order chi connectivity index (χ1) is 13.1. The van der Waals surface area contributed by atoms with Crippen LogP contribution in [0.15, 0.2) is 59.3 Å². The van der Waals surface area contributed by atoms with Crippen molar-refractivity contribution in [3.05, 3.63) is 77.4 Å². The molecule has 1 aliphatic heterocycles. The van der Waals surface area contributed by atoms with Gasteiger partial charge in [-0.1, -0.05) is 35.5 Å². The van der Waals surface area contributed by atoms with Crippen LogP contribution in [0.1, 0.15) is 40.5 Å². The first-order valence-electron chi connectivity index (χ1n) is 9.26. The second-order valence-corrected chi connectivity index (χ2v) is 7.14. The monoisotopic (exact) mass is 364 g/mol. The molecule has 0 bridgehead atoms. The summed E-state index contributed by atoms with van der Waals surface area (Å²) in [4.78, 5) is 16.9. The van der Waals surface area contributed by atoms with Gasteiger partial charge in [-0.25, -0.2) is 0 Å². The van der Waals surface area contributed by atoms with Gasteiger partial charge in [0.1, 0.15) is 0 Å². The molecule has 0 aliphatic carbocycles. The van der Waals surface area contributed by atoms with Crippen molar-refractivity contribution in [2.75, 3.05) is 13.6 Å². The molecule has 0 fully saturated rings. The highest BCUT2D eigenvalue weighted by Gasteiger charge is 2.29. The summed E-state index contributed by atoms with van der Waals surface area (Å²) in [5, 5.41) is 4.03. The summed E-state index contributed by atoms with van der Waals surface area (Å²) in [6, 6.07) is 16.2. The summed E-state index contributed by atoms with van der Waals surface area (Å²) in [5.41, 5.74) is 2.77. The van der Waals surface area contributed by atoms with Crippen molar-refractivity contribution in [2.24, 2.45) is 0 Å². The number of fused-ring (bicyclic) bond motifs is 1. The van der Waals surface area contributed by atoms with Gasteiger partial charge >= 0.3 is 0 Å². The van der Waals surface area contributed by atoms with Gasteiger partial charge in [0.25, 0.3) is 5.91 Å². The molecular formula is C21H24N4O2.